The fraction of sp³-hybridized carbons (Fsp3) is 0.667. The van der Waals surface area contributed by atoms with E-state index < -0.39 is 0 Å². The van der Waals surface area contributed by atoms with Crippen LogP contribution in [0.4, 0.5) is 11.8 Å². The lowest BCUT2D eigenvalue weighted by molar-refractivity contribution is 0.378. The van der Waals surface area contributed by atoms with E-state index in [1.54, 1.807) is 6.20 Å². The zero-order valence-corrected chi connectivity index (χ0v) is 12.1. The summed E-state index contributed by atoms with van der Waals surface area (Å²) in [6.45, 7) is 4.64. The predicted molar refractivity (Wildman–Crippen MR) is 74.3 cm³/mol. The summed E-state index contributed by atoms with van der Waals surface area (Å²) in [7, 11) is 1.83. The molecule has 0 amide bonds. The van der Waals surface area contributed by atoms with Crippen LogP contribution >= 0.6 is 15.9 Å². The number of rotatable bonds is 3. The fourth-order valence-electron chi connectivity index (χ4n) is 2.34. The molecule has 2 N–H and O–H groups in total. The second-order valence-electron chi connectivity index (χ2n) is 5.39. The molecule has 1 aliphatic rings. The van der Waals surface area contributed by atoms with Gasteiger partial charge in [-0.15, -0.1) is 0 Å². The molecule has 1 heterocycles. The van der Waals surface area contributed by atoms with Crippen LogP contribution in [0.15, 0.2) is 10.7 Å². The molecule has 0 aliphatic heterocycles. The van der Waals surface area contributed by atoms with Gasteiger partial charge in [0, 0.05) is 19.3 Å². The lowest BCUT2D eigenvalue weighted by atomic mass is 9.92. The van der Waals surface area contributed by atoms with Gasteiger partial charge in [0.1, 0.15) is 5.82 Å². The molecule has 94 valence electrons. The van der Waals surface area contributed by atoms with Crippen molar-refractivity contribution in [2.45, 2.75) is 39.2 Å². The van der Waals surface area contributed by atoms with Crippen LogP contribution in [0.3, 0.4) is 0 Å². The number of hydrogen-bond donors (Lipinski definition) is 2. The van der Waals surface area contributed by atoms with E-state index in [0.717, 1.165) is 10.3 Å². The van der Waals surface area contributed by atoms with E-state index in [2.05, 4.69) is 50.4 Å². The molecule has 1 aliphatic carbocycles. The molecule has 0 aromatic carbocycles. The molecule has 1 saturated carbocycles. The molecule has 1 aromatic heterocycles. The Labute approximate surface area is 111 Å². The van der Waals surface area contributed by atoms with E-state index in [1.807, 2.05) is 7.05 Å². The highest BCUT2D eigenvalue weighted by Gasteiger charge is 2.31. The van der Waals surface area contributed by atoms with E-state index in [0.29, 0.717) is 17.4 Å². The van der Waals surface area contributed by atoms with Gasteiger partial charge < -0.3 is 10.6 Å². The zero-order chi connectivity index (χ0) is 12.5. The minimum atomic E-state index is 0.447. The van der Waals surface area contributed by atoms with Crippen LogP contribution in [-0.4, -0.2) is 23.1 Å². The second-order valence-corrected chi connectivity index (χ2v) is 6.24. The third-order valence-corrected chi connectivity index (χ3v) is 3.86. The van der Waals surface area contributed by atoms with E-state index >= 15 is 0 Å². The Hall–Kier alpha value is -0.840. The number of hydrogen-bond acceptors (Lipinski definition) is 4. The Morgan fingerprint density at radius 3 is 2.82 bits per heavy atom. The maximum absolute atomic E-state index is 4.42. The van der Waals surface area contributed by atoms with Crippen LogP contribution in [0.5, 0.6) is 0 Å². The molecular weight excluding hydrogens is 280 g/mol. The maximum atomic E-state index is 4.42. The standard InChI is InChI=1S/C12H19BrN4/c1-12(2)5-4-8(6-12)16-10-9(13)7-15-11(14-3)17-10/h7-8H,4-6H2,1-3H3,(H2,14,15,16,17). The van der Waals surface area contributed by atoms with Gasteiger partial charge in [-0.05, 0) is 40.6 Å². The van der Waals surface area contributed by atoms with Crippen LogP contribution in [0, 0.1) is 5.41 Å². The molecule has 0 spiro atoms. The molecular formula is C12H19BrN4. The Bertz CT molecular complexity index is 405. The van der Waals surface area contributed by atoms with Gasteiger partial charge in [0.05, 0.1) is 4.47 Å². The van der Waals surface area contributed by atoms with Gasteiger partial charge in [-0.3, -0.25) is 0 Å². The number of halogens is 1. The highest BCUT2D eigenvalue weighted by Crippen LogP contribution is 2.38. The van der Waals surface area contributed by atoms with Crippen LogP contribution in [0.1, 0.15) is 33.1 Å². The molecule has 0 saturated heterocycles. The first-order chi connectivity index (χ1) is 8.00. The summed E-state index contributed by atoms with van der Waals surface area (Å²) in [5.41, 5.74) is 0.447. The largest absolute Gasteiger partial charge is 0.366 e. The van der Waals surface area contributed by atoms with Crippen molar-refractivity contribution in [1.82, 2.24) is 9.97 Å². The fourth-order valence-corrected chi connectivity index (χ4v) is 2.65. The van der Waals surface area contributed by atoms with Crippen LogP contribution in [0.2, 0.25) is 0 Å². The summed E-state index contributed by atoms with van der Waals surface area (Å²) in [6, 6.07) is 0.515. The average molecular weight is 299 g/mol. The van der Waals surface area contributed by atoms with E-state index in [1.165, 1.54) is 19.3 Å². The number of anilines is 2. The van der Waals surface area contributed by atoms with Crippen molar-refractivity contribution in [3.05, 3.63) is 10.7 Å². The molecule has 0 bridgehead atoms. The molecule has 5 heteroatoms. The summed E-state index contributed by atoms with van der Waals surface area (Å²) in [5, 5.41) is 6.45. The van der Waals surface area contributed by atoms with Crippen molar-refractivity contribution in [1.29, 1.82) is 0 Å². The minimum Gasteiger partial charge on any atom is -0.366 e. The van der Waals surface area contributed by atoms with Gasteiger partial charge >= 0.3 is 0 Å². The third-order valence-electron chi connectivity index (χ3n) is 3.28. The van der Waals surface area contributed by atoms with Crippen LogP contribution in [0.25, 0.3) is 0 Å². The third kappa shape index (κ3) is 3.09. The predicted octanol–water partition coefficient (Wildman–Crippen LogP) is 3.27. The average Bonchev–Trinajstić information content (AvgIpc) is 2.61. The molecule has 1 unspecified atom stereocenters. The first kappa shape index (κ1) is 12.6. The van der Waals surface area contributed by atoms with Crippen molar-refractivity contribution in [3.8, 4) is 0 Å². The Morgan fingerprint density at radius 1 is 1.47 bits per heavy atom. The van der Waals surface area contributed by atoms with Crippen molar-refractivity contribution in [3.63, 3.8) is 0 Å². The topological polar surface area (TPSA) is 49.8 Å². The molecule has 1 atom stereocenters. The SMILES string of the molecule is CNc1ncc(Br)c(NC2CCC(C)(C)C2)n1. The van der Waals surface area contributed by atoms with Crippen LogP contribution in [-0.2, 0) is 0 Å². The highest BCUT2D eigenvalue weighted by molar-refractivity contribution is 9.10. The van der Waals surface area contributed by atoms with Gasteiger partial charge in [-0.25, -0.2) is 4.98 Å². The van der Waals surface area contributed by atoms with Crippen LogP contribution < -0.4 is 10.6 Å². The summed E-state index contributed by atoms with van der Waals surface area (Å²) in [5.74, 6) is 1.53. The Balaban J connectivity index is 2.08. The smallest absolute Gasteiger partial charge is 0.224 e. The summed E-state index contributed by atoms with van der Waals surface area (Å²) in [6.07, 6.45) is 5.45. The van der Waals surface area contributed by atoms with Gasteiger partial charge in [0.15, 0.2) is 0 Å². The monoisotopic (exact) mass is 298 g/mol. The number of aromatic nitrogens is 2. The molecule has 0 radical (unpaired) electrons. The van der Waals surface area contributed by atoms with Gasteiger partial charge in [0.25, 0.3) is 0 Å². The van der Waals surface area contributed by atoms with Crippen molar-refractivity contribution in [2.24, 2.45) is 5.41 Å². The van der Waals surface area contributed by atoms with E-state index in [-0.39, 0.29) is 0 Å². The van der Waals surface area contributed by atoms with Gasteiger partial charge in [-0.2, -0.15) is 4.98 Å². The first-order valence-corrected chi connectivity index (χ1v) is 6.76. The molecule has 4 nitrogen and oxygen atoms in total. The summed E-state index contributed by atoms with van der Waals surface area (Å²) < 4.78 is 0.918. The Morgan fingerprint density at radius 2 is 2.24 bits per heavy atom. The zero-order valence-electron chi connectivity index (χ0n) is 10.5. The molecule has 2 rings (SSSR count). The van der Waals surface area contributed by atoms with Gasteiger partial charge in [0.2, 0.25) is 5.95 Å². The van der Waals surface area contributed by atoms with E-state index in [4.69, 9.17) is 0 Å². The highest BCUT2D eigenvalue weighted by atomic mass is 79.9. The number of nitrogens with zero attached hydrogens (tertiary/aromatic N) is 2. The molecule has 1 fully saturated rings. The van der Waals surface area contributed by atoms with Crippen molar-refractivity contribution in [2.75, 3.05) is 17.7 Å². The lowest BCUT2D eigenvalue weighted by Gasteiger charge is -2.18. The lowest BCUT2D eigenvalue weighted by Crippen LogP contribution is -2.19. The first-order valence-electron chi connectivity index (χ1n) is 5.97. The molecule has 1 aromatic rings. The maximum Gasteiger partial charge on any atom is 0.224 e. The van der Waals surface area contributed by atoms with E-state index in [9.17, 15) is 0 Å². The van der Waals surface area contributed by atoms with Gasteiger partial charge in [-0.1, -0.05) is 13.8 Å². The second kappa shape index (κ2) is 4.80. The molecule has 17 heavy (non-hydrogen) atoms. The number of nitrogens with one attached hydrogen (secondary N) is 2. The Kier molecular flexibility index (Phi) is 3.56. The van der Waals surface area contributed by atoms with Crippen molar-refractivity contribution >= 4 is 27.7 Å². The normalized spacial score (nSPS) is 22.5. The minimum absolute atomic E-state index is 0.447. The summed E-state index contributed by atoms with van der Waals surface area (Å²) in [4.78, 5) is 8.57. The quantitative estimate of drug-likeness (QED) is 0.899. The summed E-state index contributed by atoms with van der Waals surface area (Å²) >= 11 is 3.48. The van der Waals surface area contributed by atoms with Crippen molar-refractivity contribution < 1.29 is 0 Å².